The Morgan fingerprint density at radius 1 is 1.10 bits per heavy atom. The lowest BCUT2D eigenvalue weighted by atomic mass is 10.0. The maximum Gasteiger partial charge on any atom is 0.274 e. The van der Waals surface area contributed by atoms with Crippen LogP contribution in [-0.2, 0) is 11.3 Å². The molecular weight excluding hydrogens is 390 g/mol. The van der Waals surface area contributed by atoms with Crippen LogP contribution in [0.5, 0.6) is 5.75 Å². The van der Waals surface area contributed by atoms with Crippen LogP contribution in [0.2, 0.25) is 0 Å². The van der Waals surface area contributed by atoms with Gasteiger partial charge >= 0.3 is 0 Å². The van der Waals surface area contributed by atoms with Crippen molar-refractivity contribution < 1.29 is 9.53 Å². The van der Waals surface area contributed by atoms with Gasteiger partial charge in [-0.3, -0.25) is 9.59 Å². The summed E-state index contributed by atoms with van der Waals surface area (Å²) < 4.78 is 7.24. The first-order valence-electron chi connectivity index (χ1n) is 11.0. The van der Waals surface area contributed by atoms with Crippen molar-refractivity contribution in [3.05, 3.63) is 70.1 Å². The van der Waals surface area contributed by atoms with Crippen LogP contribution in [0.4, 0.5) is 0 Å². The molecule has 1 heterocycles. The monoisotopic (exact) mass is 419 g/mol. The zero-order chi connectivity index (χ0) is 21.8. The van der Waals surface area contributed by atoms with Crippen LogP contribution >= 0.6 is 0 Å². The molecule has 0 unspecified atom stereocenters. The molecule has 1 fully saturated rings. The molecule has 6 nitrogen and oxygen atoms in total. The first-order valence-corrected chi connectivity index (χ1v) is 11.0. The molecule has 3 aromatic rings. The molecule has 1 amide bonds. The van der Waals surface area contributed by atoms with Crippen molar-refractivity contribution in [2.75, 3.05) is 6.61 Å². The van der Waals surface area contributed by atoms with Gasteiger partial charge in [-0.25, -0.2) is 4.68 Å². The minimum atomic E-state index is -0.225. The van der Waals surface area contributed by atoms with Gasteiger partial charge in [0.1, 0.15) is 5.75 Å². The summed E-state index contributed by atoms with van der Waals surface area (Å²) >= 11 is 0. The number of fused-ring (bicyclic) bond motifs is 1. The molecule has 0 aliphatic heterocycles. The summed E-state index contributed by atoms with van der Waals surface area (Å²) in [6.07, 6.45) is 4.18. The van der Waals surface area contributed by atoms with Crippen molar-refractivity contribution in [3.8, 4) is 5.75 Å². The number of aromatic nitrogens is 2. The Morgan fingerprint density at radius 3 is 2.45 bits per heavy atom. The number of nitrogens with one attached hydrogen (secondary N) is 1. The summed E-state index contributed by atoms with van der Waals surface area (Å²) in [5.41, 5.74) is 1.88. The zero-order valence-electron chi connectivity index (χ0n) is 18.1. The number of benzene rings is 2. The van der Waals surface area contributed by atoms with E-state index in [1.165, 1.54) is 5.56 Å². The summed E-state index contributed by atoms with van der Waals surface area (Å²) in [5, 5.41) is 8.97. The highest BCUT2D eigenvalue weighted by molar-refractivity contribution is 5.84. The van der Waals surface area contributed by atoms with Crippen LogP contribution in [0.15, 0.2) is 53.3 Å². The highest BCUT2D eigenvalue weighted by Gasteiger charge is 2.21. The van der Waals surface area contributed by atoms with Gasteiger partial charge in [-0.15, -0.1) is 0 Å². The van der Waals surface area contributed by atoms with Crippen molar-refractivity contribution in [2.45, 2.75) is 58.0 Å². The average Bonchev–Trinajstić information content (AvgIpc) is 3.32. The molecule has 0 atom stereocenters. The second-order valence-electron chi connectivity index (χ2n) is 8.47. The van der Waals surface area contributed by atoms with Crippen molar-refractivity contribution in [3.63, 3.8) is 0 Å². The molecule has 2 aromatic carbocycles. The smallest absolute Gasteiger partial charge is 0.274 e. The largest absolute Gasteiger partial charge is 0.484 e. The number of carbonyl (C=O) groups is 1. The molecule has 0 bridgehead atoms. The van der Waals surface area contributed by atoms with E-state index < -0.39 is 0 Å². The van der Waals surface area contributed by atoms with Crippen LogP contribution in [0.3, 0.4) is 0 Å². The standard InChI is InChI=1S/C25H29N3O3/c1-17(2)18-11-13-20(14-12-18)31-16-24(29)26-15-23-21-9-5-6-10-22(21)25(30)28(27-23)19-7-3-4-8-19/h5-6,9-14,17,19H,3-4,7-8,15-16H2,1-2H3,(H,26,29). The first-order chi connectivity index (χ1) is 15.0. The summed E-state index contributed by atoms with van der Waals surface area (Å²) in [6.45, 7) is 4.46. The van der Waals surface area contributed by atoms with Gasteiger partial charge in [0, 0.05) is 5.39 Å². The zero-order valence-corrected chi connectivity index (χ0v) is 18.1. The van der Waals surface area contributed by atoms with Crippen molar-refractivity contribution in [1.82, 2.24) is 15.1 Å². The van der Waals surface area contributed by atoms with Crippen LogP contribution in [0.1, 0.15) is 62.7 Å². The van der Waals surface area contributed by atoms with Gasteiger partial charge < -0.3 is 10.1 Å². The third-order valence-electron chi connectivity index (χ3n) is 5.95. The fourth-order valence-electron chi connectivity index (χ4n) is 4.13. The molecular formula is C25H29N3O3. The van der Waals surface area contributed by atoms with Crippen LogP contribution in [-0.4, -0.2) is 22.3 Å². The molecule has 1 aliphatic rings. The van der Waals surface area contributed by atoms with E-state index in [0.717, 1.165) is 31.1 Å². The maximum atomic E-state index is 12.9. The minimum absolute atomic E-state index is 0.0502. The Morgan fingerprint density at radius 2 is 1.77 bits per heavy atom. The lowest BCUT2D eigenvalue weighted by Gasteiger charge is -2.16. The number of ether oxygens (including phenoxy) is 1. The number of rotatable bonds is 7. The summed E-state index contributed by atoms with van der Waals surface area (Å²) in [5.74, 6) is 0.891. The maximum absolute atomic E-state index is 12.9. The molecule has 1 N–H and O–H groups in total. The van der Waals surface area contributed by atoms with Crippen LogP contribution < -0.4 is 15.6 Å². The quantitative estimate of drug-likeness (QED) is 0.619. The first kappa shape index (κ1) is 21.1. The molecule has 1 saturated carbocycles. The van der Waals surface area contributed by atoms with Crippen molar-refractivity contribution >= 4 is 16.7 Å². The lowest BCUT2D eigenvalue weighted by Crippen LogP contribution is -2.32. The summed E-state index contributed by atoms with van der Waals surface area (Å²) in [6, 6.07) is 15.4. The minimum Gasteiger partial charge on any atom is -0.484 e. The molecule has 6 heteroatoms. The van der Waals surface area contributed by atoms with E-state index in [1.807, 2.05) is 48.5 Å². The van der Waals surface area contributed by atoms with Crippen molar-refractivity contribution in [2.24, 2.45) is 0 Å². The molecule has 162 valence electrons. The van der Waals surface area contributed by atoms with E-state index in [2.05, 4.69) is 24.3 Å². The molecule has 31 heavy (non-hydrogen) atoms. The molecule has 0 radical (unpaired) electrons. The predicted octanol–water partition coefficient (Wildman–Crippen LogP) is 4.33. The van der Waals surface area contributed by atoms with E-state index in [1.54, 1.807) is 4.68 Å². The molecule has 4 rings (SSSR count). The van der Waals surface area contributed by atoms with Gasteiger partial charge in [0.05, 0.1) is 23.7 Å². The number of hydrogen-bond donors (Lipinski definition) is 1. The highest BCUT2D eigenvalue weighted by Crippen LogP contribution is 2.28. The molecule has 0 spiro atoms. The van der Waals surface area contributed by atoms with E-state index in [-0.39, 0.29) is 30.7 Å². The Labute approximate surface area is 182 Å². The van der Waals surface area contributed by atoms with Crippen LogP contribution in [0.25, 0.3) is 10.8 Å². The third-order valence-corrected chi connectivity index (χ3v) is 5.95. The molecule has 0 saturated heterocycles. The normalized spacial score (nSPS) is 14.3. The van der Waals surface area contributed by atoms with Gasteiger partial charge in [-0.1, -0.05) is 57.0 Å². The Balaban J connectivity index is 1.45. The second kappa shape index (κ2) is 9.33. The molecule has 1 aromatic heterocycles. The Bertz CT molecular complexity index is 1110. The Hall–Kier alpha value is -3.15. The fourth-order valence-corrected chi connectivity index (χ4v) is 4.13. The summed E-state index contributed by atoms with van der Waals surface area (Å²) in [4.78, 5) is 25.3. The van der Waals surface area contributed by atoms with Gasteiger partial charge in [0.25, 0.3) is 11.5 Å². The van der Waals surface area contributed by atoms with Gasteiger partial charge in [-0.2, -0.15) is 5.10 Å². The highest BCUT2D eigenvalue weighted by atomic mass is 16.5. The van der Waals surface area contributed by atoms with E-state index in [4.69, 9.17) is 4.74 Å². The number of carbonyl (C=O) groups excluding carboxylic acids is 1. The Kier molecular flexibility index (Phi) is 6.35. The van der Waals surface area contributed by atoms with Crippen LogP contribution in [0, 0.1) is 0 Å². The van der Waals surface area contributed by atoms with Gasteiger partial charge in [0.2, 0.25) is 0 Å². The number of amides is 1. The number of hydrogen-bond acceptors (Lipinski definition) is 4. The fraction of sp³-hybridized carbons (Fsp3) is 0.400. The van der Waals surface area contributed by atoms with E-state index in [9.17, 15) is 9.59 Å². The number of nitrogens with zero attached hydrogens (tertiary/aromatic N) is 2. The van der Waals surface area contributed by atoms with Gasteiger partial charge in [-0.05, 0) is 42.5 Å². The second-order valence-corrected chi connectivity index (χ2v) is 8.47. The van der Waals surface area contributed by atoms with Gasteiger partial charge in [0.15, 0.2) is 6.61 Å². The molecule has 1 aliphatic carbocycles. The van der Waals surface area contributed by atoms with Crippen molar-refractivity contribution in [1.29, 1.82) is 0 Å². The average molecular weight is 420 g/mol. The van der Waals surface area contributed by atoms with E-state index >= 15 is 0 Å². The predicted molar refractivity (Wildman–Crippen MR) is 121 cm³/mol. The summed E-state index contributed by atoms with van der Waals surface area (Å²) in [7, 11) is 0. The topological polar surface area (TPSA) is 73.2 Å². The SMILES string of the molecule is CC(C)c1ccc(OCC(=O)NCc2nn(C3CCCC3)c(=O)c3ccccc23)cc1. The van der Waals surface area contributed by atoms with E-state index in [0.29, 0.717) is 22.7 Å². The third kappa shape index (κ3) is 4.79. The lowest BCUT2D eigenvalue weighted by molar-refractivity contribution is -0.123.